The molecule has 134 valence electrons. The number of hydrogen-bond donors (Lipinski definition) is 0. The van der Waals surface area contributed by atoms with Crippen molar-refractivity contribution < 1.29 is 4.21 Å². The molecule has 0 saturated heterocycles. The van der Waals surface area contributed by atoms with Gasteiger partial charge in [0.2, 0.25) is 0 Å². The molecule has 23 heavy (non-hydrogen) atoms. The summed E-state index contributed by atoms with van der Waals surface area (Å²) in [4.78, 5) is 1.05. The number of benzene rings is 1. The summed E-state index contributed by atoms with van der Waals surface area (Å²) >= 11 is 0. The van der Waals surface area contributed by atoms with Crippen LogP contribution in [0.3, 0.4) is 0 Å². The van der Waals surface area contributed by atoms with Gasteiger partial charge in [-0.25, -0.2) is 8.51 Å². The fourth-order valence-electron chi connectivity index (χ4n) is 3.14. The Morgan fingerprint density at radius 3 is 1.87 bits per heavy atom. The smallest absolute Gasteiger partial charge is 0.129 e. The van der Waals surface area contributed by atoms with Crippen LogP contribution in [0.2, 0.25) is 0 Å². The molecule has 0 spiro atoms. The average molecular weight is 340 g/mol. The van der Waals surface area contributed by atoms with Gasteiger partial charge >= 0.3 is 0 Å². The number of rotatable bonds is 2. The van der Waals surface area contributed by atoms with Crippen molar-refractivity contribution in [2.45, 2.75) is 98.6 Å². The highest BCUT2D eigenvalue weighted by molar-refractivity contribution is 7.83. The summed E-state index contributed by atoms with van der Waals surface area (Å²) in [5.74, 6) is 0.403. The van der Waals surface area contributed by atoms with Crippen molar-refractivity contribution in [3.8, 4) is 0 Å². The van der Waals surface area contributed by atoms with E-state index in [1.54, 1.807) is 0 Å². The Labute approximate surface area is 147 Å². The van der Waals surface area contributed by atoms with Crippen LogP contribution < -0.4 is 0 Å². The van der Waals surface area contributed by atoms with Gasteiger partial charge in [-0.05, 0) is 51.7 Å². The van der Waals surface area contributed by atoms with Crippen molar-refractivity contribution in [3.63, 3.8) is 0 Å². The van der Waals surface area contributed by atoms with Crippen LogP contribution in [0.5, 0.6) is 0 Å². The van der Waals surface area contributed by atoms with Crippen LogP contribution in [-0.2, 0) is 16.5 Å². The standard InChI is InChI=1S/C16H25NOS.2C2H6/c1-10(2)13-8-12(5)9-14-15(13)19(18)17(11(3)4)16(14,6)7;2*1-2/h8-11H,1-7H3;2*1-2H3. The van der Waals surface area contributed by atoms with E-state index in [1.807, 2.05) is 27.7 Å². The fourth-order valence-corrected chi connectivity index (χ4v) is 5.23. The minimum absolute atomic E-state index is 0.163. The van der Waals surface area contributed by atoms with Crippen LogP contribution in [0.4, 0.5) is 0 Å². The van der Waals surface area contributed by atoms with Gasteiger partial charge in [0.1, 0.15) is 11.0 Å². The molecule has 0 aliphatic carbocycles. The molecule has 1 aliphatic heterocycles. The van der Waals surface area contributed by atoms with Crippen molar-refractivity contribution in [2.24, 2.45) is 0 Å². The molecule has 0 aromatic heterocycles. The quantitative estimate of drug-likeness (QED) is 0.632. The summed E-state index contributed by atoms with van der Waals surface area (Å²) in [6.07, 6.45) is 0. The van der Waals surface area contributed by atoms with Crippen LogP contribution >= 0.6 is 0 Å². The van der Waals surface area contributed by atoms with Crippen LogP contribution in [0.15, 0.2) is 17.0 Å². The zero-order chi connectivity index (χ0) is 18.5. The van der Waals surface area contributed by atoms with E-state index >= 15 is 0 Å². The second kappa shape index (κ2) is 8.98. The van der Waals surface area contributed by atoms with E-state index in [4.69, 9.17) is 0 Å². The average Bonchev–Trinajstić information content (AvgIpc) is 2.69. The van der Waals surface area contributed by atoms with Crippen molar-refractivity contribution in [1.29, 1.82) is 0 Å². The molecule has 0 fully saturated rings. The molecule has 0 radical (unpaired) electrons. The van der Waals surface area contributed by atoms with Crippen LogP contribution in [0, 0.1) is 6.92 Å². The van der Waals surface area contributed by atoms with E-state index in [2.05, 4.69) is 64.9 Å². The normalized spacial score (nSPS) is 18.9. The lowest BCUT2D eigenvalue weighted by Gasteiger charge is -2.33. The summed E-state index contributed by atoms with van der Waals surface area (Å²) in [6, 6.07) is 4.67. The van der Waals surface area contributed by atoms with Crippen molar-refractivity contribution >= 4 is 11.0 Å². The van der Waals surface area contributed by atoms with Crippen LogP contribution in [0.25, 0.3) is 0 Å². The Balaban J connectivity index is 0.00000112. The molecule has 2 nitrogen and oxygen atoms in total. The Kier molecular flexibility index (Phi) is 8.72. The highest BCUT2D eigenvalue weighted by Gasteiger charge is 2.45. The predicted octanol–water partition coefficient (Wildman–Crippen LogP) is 6.15. The summed E-state index contributed by atoms with van der Waals surface area (Å²) in [7, 11) is -1.04. The van der Waals surface area contributed by atoms with Crippen LogP contribution in [-0.4, -0.2) is 14.6 Å². The maximum absolute atomic E-state index is 12.9. The van der Waals surface area contributed by atoms with Crippen molar-refractivity contribution in [2.75, 3.05) is 0 Å². The maximum atomic E-state index is 12.9. The second-order valence-electron chi connectivity index (χ2n) is 6.61. The SMILES string of the molecule is CC.CC.Cc1cc(C(C)C)c2c(c1)C(C)(C)N(C(C)C)S2=O. The number of fused-ring (bicyclic) bond motifs is 1. The topological polar surface area (TPSA) is 20.3 Å². The van der Waals surface area contributed by atoms with Gasteiger partial charge in [0.25, 0.3) is 0 Å². The highest BCUT2D eigenvalue weighted by Crippen LogP contribution is 2.46. The number of hydrogen-bond acceptors (Lipinski definition) is 1. The molecular weight excluding hydrogens is 302 g/mol. The molecule has 3 heteroatoms. The third-order valence-corrected chi connectivity index (χ3v) is 5.96. The van der Waals surface area contributed by atoms with E-state index in [0.717, 1.165) is 4.90 Å². The minimum Gasteiger partial charge on any atom is -0.237 e. The van der Waals surface area contributed by atoms with Gasteiger partial charge in [-0.15, -0.1) is 0 Å². The summed E-state index contributed by atoms with van der Waals surface area (Å²) in [5, 5.41) is 0. The predicted molar refractivity (Wildman–Crippen MR) is 104 cm³/mol. The third kappa shape index (κ3) is 4.24. The monoisotopic (exact) mass is 339 g/mol. The first kappa shape index (κ1) is 22.3. The summed E-state index contributed by atoms with van der Waals surface area (Å²) < 4.78 is 15.1. The lowest BCUT2D eigenvalue weighted by Crippen LogP contribution is -2.41. The first-order valence-electron chi connectivity index (χ1n) is 9.04. The Hall–Kier alpha value is -0.670. The summed E-state index contributed by atoms with van der Waals surface area (Å²) in [5.41, 5.74) is 3.58. The van der Waals surface area contributed by atoms with E-state index in [-0.39, 0.29) is 11.6 Å². The molecule has 2 rings (SSSR count). The number of aryl methyl sites for hydroxylation is 1. The minimum atomic E-state index is -1.04. The van der Waals surface area contributed by atoms with Gasteiger partial charge < -0.3 is 0 Å². The van der Waals surface area contributed by atoms with Gasteiger partial charge in [-0.1, -0.05) is 59.2 Å². The lowest BCUT2D eigenvalue weighted by molar-refractivity contribution is 0.213. The van der Waals surface area contributed by atoms with Gasteiger partial charge in [-0.3, -0.25) is 0 Å². The lowest BCUT2D eigenvalue weighted by atomic mass is 9.88. The van der Waals surface area contributed by atoms with Gasteiger partial charge in [0.05, 0.1) is 10.4 Å². The molecule has 0 amide bonds. The molecule has 1 unspecified atom stereocenters. The third-order valence-electron chi connectivity index (χ3n) is 3.92. The summed E-state index contributed by atoms with van der Waals surface area (Å²) in [6.45, 7) is 23.1. The van der Waals surface area contributed by atoms with E-state index < -0.39 is 11.0 Å². The zero-order valence-corrected chi connectivity index (χ0v) is 17.9. The number of nitrogens with zero attached hydrogens (tertiary/aromatic N) is 1. The molecule has 0 saturated carbocycles. The van der Waals surface area contributed by atoms with Crippen LogP contribution in [0.1, 0.15) is 91.8 Å². The molecule has 1 aromatic carbocycles. The highest BCUT2D eigenvalue weighted by atomic mass is 32.2. The first-order chi connectivity index (χ1) is 10.7. The van der Waals surface area contributed by atoms with E-state index in [9.17, 15) is 4.21 Å². The molecular formula is C20H37NOS. The largest absolute Gasteiger partial charge is 0.237 e. The Morgan fingerprint density at radius 1 is 1.00 bits per heavy atom. The molecule has 1 aliphatic rings. The fraction of sp³-hybridized carbons (Fsp3) is 0.700. The first-order valence-corrected chi connectivity index (χ1v) is 10.1. The molecule has 1 aromatic rings. The van der Waals surface area contributed by atoms with Crippen molar-refractivity contribution in [3.05, 3.63) is 28.8 Å². The zero-order valence-electron chi connectivity index (χ0n) is 17.1. The second-order valence-corrected chi connectivity index (χ2v) is 7.91. The van der Waals surface area contributed by atoms with Gasteiger partial charge in [0, 0.05) is 6.04 Å². The Morgan fingerprint density at radius 2 is 1.48 bits per heavy atom. The van der Waals surface area contributed by atoms with Crippen molar-refractivity contribution in [1.82, 2.24) is 4.31 Å². The van der Waals surface area contributed by atoms with E-state index in [1.165, 1.54) is 16.7 Å². The molecule has 1 atom stereocenters. The van der Waals surface area contributed by atoms with Gasteiger partial charge in [-0.2, -0.15) is 0 Å². The molecule has 0 bridgehead atoms. The van der Waals surface area contributed by atoms with E-state index in [0.29, 0.717) is 5.92 Å². The van der Waals surface area contributed by atoms with Gasteiger partial charge in [0.15, 0.2) is 0 Å². The maximum Gasteiger partial charge on any atom is 0.129 e. The Bertz CT molecular complexity index is 533. The molecule has 0 N–H and O–H groups in total. The molecule has 1 heterocycles.